The lowest BCUT2D eigenvalue weighted by atomic mass is 9.43. The van der Waals surface area contributed by atoms with E-state index in [4.69, 9.17) is 23.7 Å². The molecule has 3 saturated carbocycles. The fourth-order valence-electron chi connectivity index (χ4n) is 11.7. The first-order valence-electron chi connectivity index (χ1n) is 20.0. The first-order valence-corrected chi connectivity index (χ1v) is 20.0. The van der Waals surface area contributed by atoms with E-state index in [0.717, 1.165) is 5.57 Å². The van der Waals surface area contributed by atoms with E-state index < -0.39 is 96.0 Å². The second-order valence-electron chi connectivity index (χ2n) is 18.1. The fraction of sp³-hybridized carbons (Fsp3) is 0.900. The molecule has 0 aromatic carbocycles. The van der Waals surface area contributed by atoms with Gasteiger partial charge in [0.05, 0.1) is 49.8 Å². The molecule has 0 bridgehead atoms. The molecule has 54 heavy (non-hydrogen) atoms. The number of rotatable bonds is 11. The van der Waals surface area contributed by atoms with Crippen molar-refractivity contribution in [3.05, 3.63) is 23.8 Å². The highest BCUT2D eigenvalue weighted by molar-refractivity contribution is 5.33. The molecule has 4 aliphatic carbocycles. The molecule has 2 heterocycles. The zero-order valence-corrected chi connectivity index (χ0v) is 32.6. The van der Waals surface area contributed by atoms with Crippen LogP contribution in [0.15, 0.2) is 23.8 Å². The number of aliphatic hydroxyl groups excluding tert-OH is 8. The number of hydrogen-bond acceptors (Lipinski definition) is 14. The molecule has 0 aromatic heterocycles. The Bertz CT molecular complexity index is 1350. The number of ether oxygens (including phenoxy) is 5. The minimum absolute atomic E-state index is 0.0170. The predicted octanol–water partition coefficient (Wildman–Crippen LogP) is 0.381. The van der Waals surface area contributed by atoms with E-state index in [0.29, 0.717) is 32.1 Å². The quantitative estimate of drug-likeness (QED) is 0.130. The van der Waals surface area contributed by atoms with Crippen LogP contribution in [0.4, 0.5) is 0 Å². The van der Waals surface area contributed by atoms with E-state index in [2.05, 4.69) is 39.8 Å². The topological polar surface area (TPSA) is 228 Å². The minimum atomic E-state index is -1.44. The Morgan fingerprint density at radius 2 is 1.50 bits per heavy atom. The Hall–Kier alpha value is -1.08. The van der Waals surface area contributed by atoms with Gasteiger partial charge < -0.3 is 69.6 Å². The molecular formula is C40H66O14. The van der Waals surface area contributed by atoms with Crippen molar-refractivity contribution < 1.29 is 69.6 Å². The fourth-order valence-corrected chi connectivity index (χ4v) is 11.7. The summed E-state index contributed by atoms with van der Waals surface area (Å²) in [5.74, 6) is -1.14. The maximum absolute atomic E-state index is 12.8. The predicted molar refractivity (Wildman–Crippen MR) is 193 cm³/mol. The highest BCUT2D eigenvalue weighted by Gasteiger charge is 2.72. The van der Waals surface area contributed by atoms with Crippen LogP contribution in [0.5, 0.6) is 0 Å². The Balaban J connectivity index is 1.15. The smallest absolute Gasteiger partial charge is 0.187 e. The van der Waals surface area contributed by atoms with Gasteiger partial charge in [-0.15, -0.1) is 0 Å². The van der Waals surface area contributed by atoms with E-state index in [9.17, 15) is 46.0 Å². The van der Waals surface area contributed by atoms with Gasteiger partial charge in [-0.2, -0.15) is 0 Å². The molecule has 2 aliphatic heterocycles. The van der Waals surface area contributed by atoms with Gasteiger partial charge in [0.25, 0.3) is 0 Å². The average molecular weight is 771 g/mol. The third-order valence-electron chi connectivity index (χ3n) is 14.6. The molecule has 2 saturated heterocycles. The molecule has 20 unspecified atom stereocenters. The standard InChI is InChI=1S/C40H66O14/c1-19(2)21(11-14-51-36-33(48)29(44)25(42)17-52-36)8-7-20(3)28-31(46)32(47)35-39(28,5)13-10-27-38(4)12-9-22(15-23(38)24(41)16-40(27,35)49)54-37-34(50-6)30(45)26(43)18-53-37/h7-8,15,19-22,24-37,41-49H,9-14,16-18H2,1-6H3. The highest BCUT2D eigenvalue weighted by atomic mass is 16.7. The summed E-state index contributed by atoms with van der Waals surface area (Å²) in [4.78, 5) is 0. The molecule has 0 aromatic rings. The molecular weight excluding hydrogens is 704 g/mol. The van der Waals surface area contributed by atoms with E-state index in [1.54, 1.807) is 0 Å². The Morgan fingerprint density at radius 1 is 0.833 bits per heavy atom. The third-order valence-corrected chi connectivity index (χ3v) is 14.6. The van der Waals surface area contributed by atoms with Gasteiger partial charge in [-0.3, -0.25) is 0 Å². The minimum Gasteiger partial charge on any atom is -0.390 e. The summed E-state index contributed by atoms with van der Waals surface area (Å²) in [5, 5.41) is 98.6. The maximum atomic E-state index is 12.8. The SMILES string of the molecule is COC1C(OC2C=C3C(O)CC4(O)C(CCC5(C)C(C(C)C=CC(CCOC6OCC(O)C(O)C6O)C(C)C)C(O)C(O)C54)C3(C)CC2)OCC(O)C1O. The lowest BCUT2D eigenvalue weighted by Gasteiger charge is -2.63. The van der Waals surface area contributed by atoms with Crippen molar-refractivity contribution >= 4 is 0 Å². The molecule has 0 amide bonds. The van der Waals surface area contributed by atoms with Crippen molar-refractivity contribution in [2.75, 3.05) is 26.9 Å². The van der Waals surface area contributed by atoms with Gasteiger partial charge in [0.1, 0.15) is 36.6 Å². The van der Waals surface area contributed by atoms with Crippen molar-refractivity contribution in [3.63, 3.8) is 0 Å². The summed E-state index contributed by atoms with van der Waals surface area (Å²) in [5.41, 5.74) is -1.87. The molecule has 9 N–H and O–H groups in total. The van der Waals surface area contributed by atoms with Crippen LogP contribution in [0.25, 0.3) is 0 Å². The molecule has 6 rings (SSSR count). The Labute approximate surface area is 318 Å². The van der Waals surface area contributed by atoms with Crippen LogP contribution in [0.3, 0.4) is 0 Å². The maximum Gasteiger partial charge on any atom is 0.187 e. The van der Waals surface area contributed by atoms with Crippen LogP contribution in [-0.2, 0) is 23.7 Å². The van der Waals surface area contributed by atoms with Gasteiger partial charge >= 0.3 is 0 Å². The van der Waals surface area contributed by atoms with E-state index >= 15 is 0 Å². The number of fused-ring (bicyclic) bond motifs is 5. The molecule has 5 fully saturated rings. The second-order valence-corrected chi connectivity index (χ2v) is 18.1. The summed E-state index contributed by atoms with van der Waals surface area (Å²) < 4.78 is 28.4. The summed E-state index contributed by atoms with van der Waals surface area (Å²) in [6.45, 7) is 10.4. The molecule has 310 valence electrons. The lowest BCUT2D eigenvalue weighted by molar-refractivity contribution is -0.285. The molecule has 0 spiro atoms. The van der Waals surface area contributed by atoms with Crippen molar-refractivity contribution in [3.8, 4) is 0 Å². The first kappa shape index (κ1) is 42.5. The number of hydrogen-bond donors (Lipinski definition) is 9. The van der Waals surface area contributed by atoms with Gasteiger partial charge in [-0.05, 0) is 78.1 Å². The molecule has 14 nitrogen and oxygen atoms in total. The van der Waals surface area contributed by atoms with Crippen molar-refractivity contribution in [1.82, 2.24) is 0 Å². The summed E-state index contributed by atoms with van der Waals surface area (Å²) in [7, 11) is 1.42. The van der Waals surface area contributed by atoms with Crippen LogP contribution in [0, 0.1) is 46.3 Å². The van der Waals surface area contributed by atoms with Crippen LogP contribution >= 0.6 is 0 Å². The number of allylic oxidation sites excluding steroid dienone is 2. The highest BCUT2D eigenvalue weighted by Crippen LogP contribution is 2.69. The normalized spacial score (nSPS) is 50.7. The van der Waals surface area contributed by atoms with Crippen LogP contribution < -0.4 is 0 Å². The van der Waals surface area contributed by atoms with Crippen molar-refractivity contribution in [2.24, 2.45) is 46.3 Å². The Morgan fingerprint density at radius 3 is 2.17 bits per heavy atom. The molecule has 20 atom stereocenters. The second kappa shape index (κ2) is 16.3. The zero-order valence-electron chi connectivity index (χ0n) is 32.6. The zero-order chi connectivity index (χ0) is 39.5. The molecule has 6 aliphatic rings. The van der Waals surface area contributed by atoms with Gasteiger partial charge in [-0.1, -0.05) is 52.8 Å². The molecule has 0 radical (unpaired) electrons. The van der Waals surface area contributed by atoms with Gasteiger partial charge in [0, 0.05) is 19.4 Å². The summed E-state index contributed by atoms with van der Waals surface area (Å²) in [6, 6.07) is 0. The summed E-state index contributed by atoms with van der Waals surface area (Å²) >= 11 is 0. The third kappa shape index (κ3) is 7.40. The summed E-state index contributed by atoms with van der Waals surface area (Å²) in [6.07, 6.45) is -3.44. The number of methoxy groups -OCH3 is 1. The molecule has 14 heteroatoms. The van der Waals surface area contributed by atoms with Crippen LogP contribution in [0.1, 0.15) is 73.1 Å². The van der Waals surface area contributed by atoms with Crippen LogP contribution in [-0.4, -0.2) is 152 Å². The lowest BCUT2D eigenvalue weighted by Crippen LogP contribution is -2.66. The van der Waals surface area contributed by atoms with Crippen molar-refractivity contribution in [2.45, 2.75) is 152 Å². The van der Waals surface area contributed by atoms with E-state index in [1.807, 2.05) is 13.0 Å². The van der Waals surface area contributed by atoms with Gasteiger partial charge in [-0.25, -0.2) is 0 Å². The number of aliphatic hydroxyl groups is 9. The first-order chi connectivity index (χ1) is 25.4. The van der Waals surface area contributed by atoms with E-state index in [1.165, 1.54) is 7.11 Å². The Kier molecular flexibility index (Phi) is 12.8. The average Bonchev–Trinajstić information content (AvgIpc) is 3.32. The van der Waals surface area contributed by atoms with E-state index in [-0.39, 0.29) is 55.8 Å². The van der Waals surface area contributed by atoms with Gasteiger partial charge in [0.15, 0.2) is 12.6 Å². The largest absolute Gasteiger partial charge is 0.390 e. The van der Waals surface area contributed by atoms with Crippen molar-refractivity contribution in [1.29, 1.82) is 0 Å². The monoisotopic (exact) mass is 770 g/mol. The van der Waals surface area contributed by atoms with Gasteiger partial charge in [0.2, 0.25) is 0 Å². The van der Waals surface area contributed by atoms with Crippen LogP contribution in [0.2, 0.25) is 0 Å².